The van der Waals surface area contributed by atoms with Crippen LogP contribution in [0.2, 0.25) is 5.02 Å². The number of halogens is 1. The molecule has 0 aliphatic carbocycles. The molecule has 3 heteroatoms. The summed E-state index contributed by atoms with van der Waals surface area (Å²) in [6, 6.07) is 6.52. The molecule has 16 heavy (non-hydrogen) atoms. The predicted molar refractivity (Wildman–Crippen MR) is 69.5 cm³/mol. The number of hydrogen-bond donors (Lipinski definition) is 1. The average molecular weight is 242 g/mol. The molecule has 2 nitrogen and oxygen atoms in total. The SMILES string of the molecule is COc1cc(CCCNC(C)C)ccc1Cl. The second kappa shape index (κ2) is 6.77. The molecular formula is C13H20ClNO. The first-order valence-corrected chi connectivity index (χ1v) is 6.07. The fourth-order valence-electron chi connectivity index (χ4n) is 1.54. The molecule has 0 atom stereocenters. The maximum absolute atomic E-state index is 5.96. The molecule has 0 aliphatic rings. The van der Waals surface area contributed by atoms with Gasteiger partial charge < -0.3 is 10.1 Å². The Balaban J connectivity index is 2.42. The molecule has 1 rings (SSSR count). The van der Waals surface area contributed by atoms with Gasteiger partial charge >= 0.3 is 0 Å². The number of nitrogens with one attached hydrogen (secondary N) is 1. The van der Waals surface area contributed by atoms with E-state index < -0.39 is 0 Å². The monoisotopic (exact) mass is 241 g/mol. The van der Waals surface area contributed by atoms with Gasteiger partial charge in [0, 0.05) is 6.04 Å². The van der Waals surface area contributed by atoms with Crippen molar-refractivity contribution in [1.29, 1.82) is 0 Å². The Bertz CT molecular complexity index is 326. The number of ether oxygens (including phenoxy) is 1. The molecule has 90 valence electrons. The number of methoxy groups -OCH3 is 1. The van der Waals surface area contributed by atoms with Crippen LogP contribution in [0, 0.1) is 0 Å². The third-order valence-electron chi connectivity index (χ3n) is 2.41. The van der Waals surface area contributed by atoms with Gasteiger partial charge in [-0.2, -0.15) is 0 Å². The average Bonchev–Trinajstić information content (AvgIpc) is 2.26. The molecule has 1 N–H and O–H groups in total. The van der Waals surface area contributed by atoms with E-state index in [4.69, 9.17) is 16.3 Å². The maximum atomic E-state index is 5.96. The van der Waals surface area contributed by atoms with Crippen molar-refractivity contribution in [3.63, 3.8) is 0 Å². The third kappa shape index (κ3) is 4.42. The molecule has 0 unspecified atom stereocenters. The summed E-state index contributed by atoms with van der Waals surface area (Å²) in [6.45, 7) is 5.36. The first-order chi connectivity index (χ1) is 7.63. The third-order valence-corrected chi connectivity index (χ3v) is 2.72. The Morgan fingerprint density at radius 2 is 2.12 bits per heavy atom. The maximum Gasteiger partial charge on any atom is 0.137 e. The van der Waals surface area contributed by atoms with E-state index in [0.29, 0.717) is 11.1 Å². The molecule has 1 aromatic rings. The number of rotatable bonds is 6. The molecule has 0 spiro atoms. The number of aryl methyl sites for hydroxylation is 1. The second-order valence-corrected chi connectivity index (χ2v) is 4.59. The Morgan fingerprint density at radius 1 is 1.38 bits per heavy atom. The van der Waals surface area contributed by atoms with Crippen molar-refractivity contribution in [2.45, 2.75) is 32.7 Å². The van der Waals surface area contributed by atoms with E-state index >= 15 is 0 Å². The van der Waals surface area contributed by atoms with Crippen molar-refractivity contribution in [3.8, 4) is 5.75 Å². The van der Waals surface area contributed by atoms with Gasteiger partial charge in [0.05, 0.1) is 12.1 Å². The van der Waals surface area contributed by atoms with Crippen LogP contribution in [0.3, 0.4) is 0 Å². The summed E-state index contributed by atoms with van der Waals surface area (Å²) < 4.78 is 5.18. The zero-order valence-electron chi connectivity index (χ0n) is 10.2. The molecule has 0 saturated carbocycles. The quantitative estimate of drug-likeness (QED) is 0.772. The molecule has 0 aromatic heterocycles. The van der Waals surface area contributed by atoms with E-state index in [0.717, 1.165) is 25.1 Å². The molecule has 1 aromatic carbocycles. The summed E-state index contributed by atoms with van der Waals surface area (Å²) in [6.07, 6.45) is 2.18. The van der Waals surface area contributed by atoms with E-state index in [2.05, 4.69) is 25.2 Å². The summed E-state index contributed by atoms with van der Waals surface area (Å²) in [5, 5.41) is 4.07. The van der Waals surface area contributed by atoms with Gasteiger partial charge in [0.25, 0.3) is 0 Å². The largest absolute Gasteiger partial charge is 0.495 e. The second-order valence-electron chi connectivity index (χ2n) is 4.18. The van der Waals surface area contributed by atoms with Crippen molar-refractivity contribution < 1.29 is 4.74 Å². The van der Waals surface area contributed by atoms with E-state index in [1.165, 1.54) is 5.56 Å². The van der Waals surface area contributed by atoms with Gasteiger partial charge in [0.2, 0.25) is 0 Å². The lowest BCUT2D eigenvalue weighted by molar-refractivity contribution is 0.414. The van der Waals surface area contributed by atoms with Crippen molar-refractivity contribution in [2.75, 3.05) is 13.7 Å². The summed E-state index contributed by atoms with van der Waals surface area (Å²) >= 11 is 5.96. The van der Waals surface area contributed by atoms with Crippen LogP contribution in [0.15, 0.2) is 18.2 Å². The highest BCUT2D eigenvalue weighted by molar-refractivity contribution is 6.32. The van der Waals surface area contributed by atoms with Crippen molar-refractivity contribution in [3.05, 3.63) is 28.8 Å². The smallest absolute Gasteiger partial charge is 0.137 e. The van der Waals surface area contributed by atoms with Gasteiger partial charge in [0.1, 0.15) is 5.75 Å². The molecule has 0 fully saturated rings. The van der Waals surface area contributed by atoms with Gasteiger partial charge in [-0.25, -0.2) is 0 Å². The molecular weight excluding hydrogens is 222 g/mol. The normalized spacial score (nSPS) is 10.8. The Labute approximate surface area is 103 Å². The van der Waals surface area contributed by atoms with Crippen LogP contribution < -0.4 is 10.1 Å². The zero-order valence-corrected chi connectivity index (χ0v) is 11.0. The first kappa shape index (κ1) is 13.3. The molecule has 0 heterocycles. The zero-order chi connectivity index (χ0) is 12.0. The fraction of sp³-hybridized carbons (Fsp3) is 0.538. The minimum Gasteiger partial charge on any atom is -0.495 e. The van der Waals surface area contributed by atoms with Gasteiger partial charge in [0.15, 0.2) is 0 Å². The van der Waals surface area contributed by atoms with Gasteiger partial charge in [-0.15, -0.1) is 0 Å². The van der Waals surface area contributed by atoms with Crippen LogP contribution in [0.25, 0.3) is 0 Å². The van der Waals surface area contributed by atoms with Crippen LogP contribution in [-0.2, 0) is 6.42 Å². The summed E-state index contributed by atoms with van der Waals surface area (Å²) in [7, 11) is 1.64. The summed E-state index contributed by atoms with van der Waals surface area (Å²) in [5.74, 6) is 0.760. The number of benzene rings is 1. The Hall–Kier alpha value is -0.730. The van der Waals surface area contributed by atoms with E-state index in [9.17, 15) is 0 Å². The lowest BCUT2D eigenvalue weighted by Gasteiger charge is -2.09. The van der Waals surface area contributed by atoms with Gasteiger partial charge in [-0.05, 0) is 37.1 Å². The Morgan fingerprint density at radius 3 is 2.75 bits per heavy atom. The van der Waals surface area contributed by atoms with Crippen LogP contribution >= 0.6 is 11.6 Å². The molecule has 0 radical (unpaired) electrons. The fourth-order valence-corrected chi connectivity index (χ4v) is 1.74. The summed E-state index contributed by atoms with van der Waals surface area (Å²) in [4.78, 5) is 0. The topological polar surface area (TPSA) is 21.3 Å². The highest BCUT2D eigenvalue weighted by atomic mass is 35.5. The molecule has 0 aliphatic heterocycles. The molecule has 0 amide bonds. The van der Waals surface area contributed by atoms with Crippen LogP contribution in [0.1, 0.15) is 25.8 Å². The van der Waals surface area contributed by atoms with Crippen molar-refractivity contribution in [2.24, 2.45) is 0 Å². The molecule has 0 saturated heterocycles. The molecule has 0 bridgehead atoms. The van der Waals surface area contributed by atoms with Crippen molar-refractivity contribution >= 4 is 11.6 Å². The predicted octanol–water partition coefficient (Wildman–Crippen LogP) is 3.28. The first-order valence-electron chi connectivity index (χ1n) is 5.69. The lowest BCUT2D eigenvalue weighted by atomic mass is 10.1. The van der Waals surface area contributed by atoms with E-state index in [1.54, 1.807) is 7.11 Å². The summed E-state index contributed by atoms with van der Waals surface area (Å²) in [5.41, 5.74) is 1.27. The van der Waals surface area contributed by atoms with E-state index in [1.807, 2.05) is 12.1 Å². The van der Waals surface area contributed by atoms with Crippen LogP contribution in [-0.4, -0.2) is 19.7 Å². The minimum absolute atomic E-state index is 0.555. The van der Waals surface area contributed by atoms with Crippen molar-refractivity contribution in [1.82, 2.24) is 5.32 Å². The lowest BCUT2D eigenvalue weighted by Crippen LogP contribution is -2.23. The highest BCUT2D eigenvalue weighted by Gasteiger charge is 2.01. The standard InChI is InChI=1S/C13H20ClNO/c1-10(2)15-8-4-5-11-6-7-12(14)13(9-11)16-3/h6-7,9-10,15H,4-5,8H2,1-3H3. The minimum atomic E-state index is 0.555. The van der Waals surface area contributed by atoms with E-state index in [-0.39, 0.29) is 0 Å². The van der Waals surface area contributed by atoms with Crippen LogP contribution in [0.4, 0.5) is 0 Å². The van der Waals surface area contributed by atoms with Gasteiger partial charge in [-0.1, -0.05) is 31.5 Å². The Kier molecular flexibility index (Phi) is 5.64. The van der Waals surface area contributed by atoms with Crippen LogP contribution in [0.5, 0.6) is 5.75 Å². The number of hydrogen-bond acceptors (Lipinski definition) is 2. The highest BCUT2D eigenvalue weighted by Crippen LogP contribution is 2.25. The van der Waals surface area contributed by atoms with Gasteiger partial charge in [-0.3, -0.25) is 0 Å².